The molecule has 0 aliphatic rings. The Morgan fingerprint density at radius 2 is 1.80 bits per heavy atom. The maximum Gasteiger partial charge on any atom is 0.124 e. The van der Waals surface area contributed by atoms with E-state index >= 15 is 0 Å². The third-order valence-corrected chi connectivity index (χ3v) is 4.50. The standard InChI is InChI=1S/C21H27ClFNO/c1-2-3-4-5-8-13-24-15-17-9-6-7-10-21(17)25-16-18-11-12-19(23)14-20(18)22/h6-7,9-12,14,24H,2-5,8,13,15-16H2,1H3. The minimum atomic E-state index is -0.336. The molecular formula is C21H27ClFNO. The summed E-state index contributed by atoms with van der Waals surface area (Å²) >= 11 is 6.06. The van der Waals surface area contributed by atoms with Crippen molar-refractivity contribution in [2.24, 2.45) is 0 Å². The van der Waals surface area contributed by atoms with E-state index in [9.17, 15) is 4.39 Å². The summed E-state index contributed by atoms with van der Waals surface area (Å²) in [5, 5.41) is 3.87. The van der Waals surface area contributed by atoms with Crippen molar-refractivity contribution in [1.82, 2.24) is 5.32 Å². The van der Waals surface area contributed by atoms with E-state index in [2.05, 4.69) is 18.3 Å². The van der Waals surface area contributed by atoms with Gasteiger partial charge in [0.15, 0.2) is 0 Å². The molecule has 0 bridgehead atoms. The van der Waals surface area contributed by atoms with Gasteiger partial charge in [0.25, 0.3) is 0 Å². The quantitative estimate of drug-likeness (QED) is 0.486. The lowest BCUT2D eigenvalue weighted by molar-refractivity contribution is 0.302. The number of hydrogen-bond donors (Lipinski definition) is 1. The molecule has 2 aromatic carbocycles. The van der Waals surface area contributed by atoms with E-state index in [4.69, 9.17) is 16.3 Å². The molecule has 0 heterocycles. The maximum absolute atomic E-state index is 13.1. The predicted octanol–water partition coefficient (Wildman–Crippen LogP) is 6.12. The van der Waals surface area contributed by atoms with Crippen molar-refractivity contribution in [3.63, 3.8) is 0 Å². The summed E-state index contributed by atoms with van der Waals surface area (Å²) in [6.45, 7) is 4.35. The highest BCUT2D eigenvalue weighted by Crippen LogP contribution is 2.22. The highest BCUT2D eigenvalue weighted by atomic mass is 35.5. The maximum atomic E-state index is 13.1. The number of ether oxygens (including phenoxy) is 1. The minimum Gasteiger partial charge on any atom is -0.489 e. The van der Waals surface area contributed by atoms with E-state index in [1.54, 1.807) is 6.07 Å². The van der Waals surface area contributed by atoms with Crippen molar-refractivity contribution in [3.8, 4) is 5.75 Å². The number of nitrogens with one attached hydrogen (secondary N) is 1. The lowest BCUT2D eigenvalue weighted by atomic mass is 10.1. The highest BCUT2D eigenvalue weighted by Gasteiger charge is 2.06. The van der Waals surface area contributed by atoms with Gasteiger partial charge in [0.05, 0.1) is 5.02 Å². The first-order chi connectivity index (χ1) is 12.2. The SMILES string of the molecule is CCCCCCCNCc1ccccc1OCc1ccc(F)cc1Cl. The van der Waals surface area contributed by atoms with Crippen molar-refractivity contribution < 1.29 is 9.13 Å². The van der Waals surface area contributed by atoms with E-state index in [-0.39, 0.29) is 5.82 Å². The Morgan fingerprint density at radius 3 is 2.60 bits per heavy atom. The molecule has 25 heavy (non-hydrogen) atoms. The predicted molar refractivity (Wildman–Crippen MR) is 103 cm³/mol. The van der Waals surface area contributed by atoms with Crippen LogP contribution in [0.2, 0.25) is 5.02 Å². The average molecular weight is 364 g/mol. The second kappa shape index (κ2) is 11.1. The molecule has 0 spiro atoms. The Labute approximate surface area is 155 Å². The van der Waals surface area contributed by atoms with Gasteiger partial charge in [-0.2, -0.15) is 0 Å². The third-order valence-electron chi connectivity index (χ3n) is 4.14. The number of benzene rings is 2. The van der Waals surface area contributed by atoms with Crippen molar-refractivity contribution in [2.75, 3.05) is 6.54 Å². The van der Waals surface area contributed by atoms with Crippen LogP contribution in [0.15, 0.2) is 42.5 Å². The van der Waals surface area contributed by atoms with Crippen molar-refractivity contribution in [3.05, 3.63) is 64.4 Å². The van der Waals surface area contributed by atoms with Crippen LogP contribution < -0.4 is 10.1 Å². The van der Waals surface area contributed by atoms with E-state index < -0.39 is 0 Å². The first-order valence-corrected chi connectivity index (χ1v) is 9.44. The highest BCUT2D eigenvalue weighted by molar-refractivity contribution is 6.31. The largest absolute Gasteiger partial charge is 0.489 e. The fourth-order valence-electron chi connectivity index (χ4n) is 2.66. The number of unbranched alkanes of at least 4 members (excludes halogenated alkanes) is 4. The molecule has 2 rings (SSSR count). The zero-order valence-corrected chi connectivity index (χ0v) is 15.6. The molecule has 136 valence electrons. The molecule has 2 nitrogen and oxygen atoms in total. The van der Waals surface area contributed by atoms with Gasteiger partial charge in [-0.15, -0.1) is 0 Å². The lowest BCUT2D eigenvalue weighted by Gasteiger charge is -2.13. The van der Waals surface area contributed by atoms with E-state index in [0.717, 1.165) is 30.0 Å². The van der Waals surface area contributed by atoms with Crippen LogP contribution in [-0.2, 0) is 13.2 Å². The monoisotopic (exact) mass is 363 g/mol. The molecule has 1 N–H and O–H groups in total. The van der Waals surface area contributed by atoms with Crippen LogP contribution in [0.25, 0.3) is 0 Å². The van der Waals surface area contributed by atoms with Crippen LogP contribution in [0.3, 0.4) is 0 Å². The van der Waals surface area contributed by atoms with Crippen LogP contribution >= 0.6 is 11.6 Å². The van der Waals surface area contributed by atoms with Gasteiger partial charge < -0.3 is 10.1 Å². The first kappa shape index (κ1) is 19.7. The van der Waals surface area contributed by atoms with E-state index in [1.165, 1.54) is 44.2 Å². The Bertz CT molecular complexity index is 648. The van der Waals surface area contributed by atoms with Crippen LogP contribution in [0, 0.1) is 5.82 Å². The molecule has 2 aromatic rings. The van der Waals surface area contributed by atoms with Crippen LogP contribution in [0.4, 0.5) is 4.39 Å². The fourth-order valence-corrected chi connectivity index (χ4v) is 2.88. The molecule has 0 radical (unpaired) electrons. The summed E-state index contributed by atoms with van der Waals surface area (Å²) < 4.78 is 19.0. The fraction of sp³-hybridized carbons (Fsp3) is 0.429. The van der Waals surface area contributed by atoms with Gasteiger partial charge in [-0.3, -0.25) is 0 Å². The molecule has 0 aromatic heterocycles. The molecule has 0 aliphatic heterocycles. The van der Waals surface area contributed by atoms with Crippen LogP contribution in [-0.4, -0.2) is 6.54 Å². The summed E-state index contributed by atoms with van der Waals surface area (Å²) in [7, 11) is 0. The van der Waals surface area contributed by atoms with Crippen molar-refractivity contribution >= 4 is 11.6 Å². The van der Waals surface area contributed by atoms with Crippen LogP contribution in [0.1, 0.15) is 50.2 Å². The normalized spacial score (nSPS) is 10.8. The second-order valence-electron chi connectivity index (χ2n) is 6.22. The summed E-state index contributed by atoms with van der Waals surface area (Å²) in [5.41, 5.74) is 1.90. The number of para-hydroxylation sites is 1. The van der Waals surface area contributed by atoms with Crippen molar-refractivity contribution in [1.29, 1.82) is 0 Å². The lowest BCUT2D eigenvalue weighted by Crippen LogP contribution is -2.15. The zero-order valence-electron chi connectivity index (χ0n) is 14.9. The van der Waals surface area contributed by atoms with Gasteiger partial charge in [0.1, 0.15) is 18.2 Å². The summed E-state index contributed by atoms with van der Waals surface area (Å²) in [6.07, 6.45) is 6.39. The Hall–Kier alpha value is -1.58. The van der Waals surface area contributed by atoms with E-state index in [0.29, 0.717) is 11.6 Å². The topological polar surface area (TPSA) is 21.3 Å². The molecular weight excluding hydrogens is 337 g/mol. The van der Waals surface area contributed by atoms with Gasteiger partial charge in [0, 0.05) is 17.7 Å². The average Bonchev–Trinajstić information content (AvgIpc) is 2.61. The molecule has 0 aliphatic carbocycles. The minimum absolute atomic E-state index is 0.327. The molecule has 0 fully saturated rings. The molecule has 0 atom stereocenters. The van der Waals surface area contributed by atoms with Gasteiger partial charge in [0.2, 0.25) is 0 Å². The number of halogens is 2. The molecule has 0 unspecified atom stereocenters. The first-order valence-electron chi connectivity index (χ1n) is 9.06. The second-order valence-corrected chi connectivity index (χ2v) is 6.63. The Kier molecular flexibility index (Phi) is 8.78. The summed E-state index contributed by atoms with van der Waals surface area (Å²) in [5.74, 6) is 0.499. The van der Waals surface area contributed by atoms with E-state index in [1.807, 2.05) is 18.2 Å². The number of hydrogen-bond acceptors (Lipinski definition) is 2. The van der Waals surface area contributed by atoms with Gasteiger partial charge >= 0.3 is 0 Å². The Morgan fingerprint density at radius 1 is 1.00 bits per heavy atom. The van der Waals surface area contributed by atoms with Crippen molar-refractivity contribution in [2.45, 2.75) is 52.2 Å². The van der Waals surface area contributed by atoms with Crippen LogP contribution in [0.5, 0.6) is 5.75 Å². The van der Waals surface area contributed by atoms with Gasteiger partial charge in [-0.25, -0.2) is 4.39 Å². The molecule has 4 heteroatoms. The smallest absolute Gasteiger partial charge is 0.124 e. The zero-order chi connectivity index (χ0) is 17.9. The number of rotatable bonds is 11. The summed E-state index contributed by atoms with van der Waals surface area (Å²) in [6, 6.07) is 12.4. The van der Waals surface area contributed by atoms with Gasteiger partial charge in [-0.1, -0.05) is 68.5 Å². The summed E-state index contributed by atoms with van der Waals surface area (Å²) in [4.78, 5) is 0. The molecule has 0 saturated heterocycles. The van der Waals surface area contributed by atoms with Gasteiger partial charge in [-0.05, 0) is 31.2 Å². The Balaban J connectivity index is 1.81. The third kappa shape index (κ3) is 7.05. The molecule has 0 saturated carbocycles. The molecule has 0 amide bonds.